The molecular formula is C17H27N3O. The number of amides is 1. The molecular weight excluding hydrogens is 262 g/mol. The van der Waals surface area contributed by atoms with E-state index in [-0.39, 0.29) is 11.9 Å². The second kappa shape index (κ2) is 7.46. The van der Waals surface area contributed by atoms with Crippen LogP contribution < -0.4 is 10.6 Å². The third kappa shape index (κ3) is 3.97. The molecule has 0 bridgehead atoms. The van der Waals surface area contributed by atoms with E-state index in [1.807, 2.05) is 17.9 Å². The summed E-state index contributed by atoms with van der Waals surface area (Å²) in [6.07, 6.45) is 3.16. The zero-order valence-electron chi connectivity index (χ0n) is 13.2. The molecule has 4 heteroatoms. The number of carbonyl (C=O) groups is 1. The van der Waals surface area contributed by atoms with Crippen LogP contribution in [0.15, 0.2) is 24.3 Å². The van der Waals surface area contributed by atoms with Gasteiger partial charge in [-0.15, -0.1) is 0 Å². The van der Waals surface area contributed by atoms with Gasteiger partial charge in [0.15, 0.2) is 0 Å². The molecule has 1 aliphatic rings. The van der Waals surface area contributed by atoms with Crippen LogP contribution in [-0.4, -0.2) is 43.0 Å². The molecule has 4 nitrogen and oxygen atoms in total. The Balaban J connectivity index is 2.16. The summed E-state index contributed by atoms with van der Waals surface area (Å²) < 4.78 is 0. The van der Waals surface area contributed by atoms with E-state index in [9.17, 15) is 4.79 Å². The Morgan fingerprint density at radius 3 is 2.71 bits per heavy atom. The minimum Gasteiger partial charge on any atom is -0.360 e. The van der Waals surface area contributed by atoms with Gasteiger partial charge in [-0.2, -0.15) is 0 Å². The molecule has 2 rings (SSSR count). The number of nitrogens with two attached hydrogens (primary N) is 1. The van der Waals surface area contributed by atoms with Gasteiger partial charge in [-0.05, 0) is 57.4 Å². The number of carbonyl (C=O) groups excluding carboxylic acids is 1. The molecule has 0 radical (unpaired) electrons. The van der Waals surface area contributed by atoms with E-state index < -0.39 is 0 Å². The standard InChI is InChI=1S/C17H27N3O/c1-14-7-5-8-16(13-14)20(12-6-9-18)15(2)17(21)19-10-3-4-11-19/h5,7-8,13,15H,3-4,6,9-12,18H2,1-2H3. The first-order valence-electron chi connectivity index (χ1n) is 7.95. The Hall–Kier alpha value is -1.55. The molecule has 1 atom stereocenters. The van der Waals surface area contributed by atoms with E-state index in [4.69, 9.17) is 5.73 Å². The van der Waals surface area contributed by atoms with Gasteiger partial charge in [0.1, 0.15) is 6.04 Å². The number of anilines is 1. The quantitative estimate of drug-likeness (QED) is 0.873. The van der Waals surface area contributed by atoms with Gasteiger partial charge in [0.25, 0.3) is 0 Å². The minimum atomic E-state index is -0.128. The monoisotopic (exact) mass is 289 g/mol. The number of likely N-dealkylation sites (tertiary alicyclic amines) is 1. The molecule has 116 valence electrons. The predicted molar refractivity (Wildman–Crippen MR) is 87.5 cm³/mol. The van der Waals surface area contributed by atoms with Crippen molar-refractivity contribution in [2.24, 2.45) is 5.73 Å². The van der Waals surface area contributed by atoms with E-state index in [1.54, 1.807) is 0 Å². The Morgan fingerprint density at radius 1 is 1.38 bits per heavy atom. The van der Waals surface area contributed by atoms with Crippen molar-refractivity contribution in [2.75, 3.05) is 31.1 Å². The number of hydrogen-bond donors (Lipinski definition) is 1. The van der Waals surface area contributed by atoms with E-state index in [0.717, 1.165) is 44.6 Å². The first kappa shape index (κ1) is 15.8. The number of rotatable bonds is 6. The van der Waals surface area contributed by atoms with E-state index in [2.05, 4.69) is 30.0 Å². The van der Waals surface area contributed by atoms with Crippen LogP contribution in [0.25, 0.3) is 0 Å². The van der Waals surface area contributed by atoms with Gasteiger partial charge in [0.05, 0.1) is 0 Å². The lowest BCUT2D eigenvalue weighted by Crippen LogP contribution is -2.47. The number of aryl methyl sites for hydroxylation is 1. The van der Waals surface area contributed by atoms with Gasteiger partial charge in [-0.25, -0.2) is 0 Å². The van der Waals surface area contributed by atoms with Crippen molar-refractivity contribution in [3.05, 3.63) is 29.8 Å². The normalized spacial score (nSPS) is 16.0. The van der Waals surface area contributed by atoms with Crippen molar-refractivity contribution in [3.63, 3.8) is 0 Å². The molecule has 0 spiro atoms. The highest BCUT2D eigenvalue weighted by Gasteiger charge is 2.27. The minimum absolute atomic E-state index is 0.128. The summed E-state index contributed by atoms with van der Waals surface area (Å²) in [5.74, 6) is 0.242. The molecule has 0 saturated carbocycles. The smallest absolute Gasteiger partial charge is 0.244 e. The topological polar surface area (TPSA) is 49.6 Å². The molecule has 1 heterocycles. The lowest BCUT2D eigenvalue weighted by atomic mass is 10.1. The highest BCUT2D eigenvalue weighted by Crippen LogP contribution is 2.21. The van der Waals surface area contributed by atoms with Gasteiger partial charge in [0.2, 0.25) is 5.91 Å². The maximum atomic E-state index is 12.7. The summed E-state index contributed by atoms with van der Waals surface area (Å²) in [6, 6.07) is 8.23. The van der Waals surface area contributed by atoms with Crippen LogP contribution in [-0.2, 0) is 4.79 Å². The van der Waals surface area contributed by atoms with Gasteiger partial charge >= 0.3 is 0 Å². The molecule has 1 unspecified atom stereocenters. The van der Waals surface area contributed by atoms with Crippen molar-refractivity contribution >= 4 is 11.6 Å². The van der Waals surface area contributed by atoms with Crippen LogP contribution in [0.1, 0.15) is 31.7 Å². The van der Waals surface area contributed by atoms with Crippen molar-refractivity contribution in [2.45, 2.75) is 39.2 Å². The average Bonchev–Trinajstić information content (AvgIpc) is 3.01. The second-order valence-corrected chi connectivity index (χ2v) is 5.88. The van der Waals surface area contributed by atoms with Gasteiger partial charge in [-0.3, -0.25) is 4.79 Å². The summed E-state index contributed by atoms with van der Waals surface area (Å²) >= 11 is 0. The summed E-state index contributed by atoms with van der Waals surface area (Å²) in [7, 11) is 0. The molecule has 1 saturated heterocycles. The first-order valence-corrected chi connectivity index (χ1v) is 7.95. The lowest BCUT2D eigenvalue weighted by molar-refractivity contribution is -0.131. The van der Waals surface area contributed by atoms with Gasteiger partial charge < -0.3 is 15.5 Å². The van der Waals surface area contributed by atoms with Crippen LogP contribution in [0.3, 0.4) is 0 Å². The molecule has 1 aromatic rings. The Labute approximate surface area is 127 Å². The SMILES string of the molecule is Cc1cccc(N(CCCN)C(C)C(=O)N2CCCC2)c1. The van der Waals surface area contributed by atoms with Crippen molar-refractivity contribution in [1.29, 1.82) is 0 Å². The van der Waals surface area contributed by atoms with E-state index in [1.165, 1.54) is 5.56 Å². The predicted octanol–water partition coefficient (Wildman–Crippen LogP) is 2.16. The Kier molecular flexibility index (Phi) is 5.62. The molecule has 1 amide bonds. The van der Waals surface area contributed by atoms with Crippen LogP contribution in [0.5, 0.6) is 0 Å². The Bertz CT molecular complexity index is 469. The Morgan fingerprint density at radius 2 is 2.10 bits per heavy atom. The molecule has 2 N–H and O–H groups in total. The van der Waals surface area contributed by atoms with Crippen molar-refractivity contribution in [3.8, 4) is 0 Å². The fraction of sp³-hybridized carbons (Fsp3) is 0.588. The van der Waals surface area contributed by atoms with Crippen LogP contribution in [0.4, 0.5) is 5.69 Å². The zero-order chi connectivity index (χ0) is 15.2. The first-order chi connectivity index (χ1) is 10.1. The lowest BCUT2D eigenvalue weighted by Gasteiger charge is -2.33. The average molecular weight is 289 g/mol. The fourth-order valence-electron chi connectivity index (χ4n) is 2.95. The summed E-state index contributed by atoms with van der Waals surface area (Å²) in [6.45, 7) is 7.37. The van der Waals surface area contributed by atoms with E-state index >= 15 is 0 Å². The molecule has 0 aliphatic carbocycles. The van der Waals surface area contributed by atoms with Crippen molar-refractivity contribution < 1.29 is 4.79 Å². The maximum Gasteiger partial charge on any atom is 0.244 e. The molecule has 1 fully saturated rings. The summed E-state index contributed by atoms with van der Waals surface area (Å²) in [5, 5.41) is 0. The van der Waals surface area contributed by atoms with Crippen LogP contribution in [0, 0.1) is 6.92 Å². The number of nitrogens with zero attached hydrogens (tertiary/aromatic N) is 2. The molecule has 0 aromatic heterocycles. The van der Waals surface area contributed by atoms with Gasteiger partial charge in [0, 0.05) is 25.3 Å². The summed E-state index contributed by atoms with van der Waals surface area (Å²) in [4.78, 5) is 16.9. The maximum absolute atomic E-state index is 12.7. The third-order valence-electron chi connectivity index (χ3n) is 4.18. The van der Waals surface area contributed by atoms with Gasteiger partial charge in [-0.1, -0.05) is 12.1 Å². The largest absolute Gasteiger partial charge is 0.360 e. The zero-order valence-corrected chi connectivity index (χ0v) is 13.2. The van der Waals surface area contributed by atoms with Crippen molar-refractivity contribution in [1.82, 2.24) is 4.90 Å². The number of benzene rings is 1. The second-order valence-electron chi connectivity index (χ2n) is 5.88. The van der Waals surface area contributed by atoms with Crippen LogP contribution >= 0.6 is 0 Å². The van der Waals surface area contributed by atoms with E-state index in [0.29, 0.717) is 6.54 Å². The highest BCUT2D eigenvalue weighted by atomic mass is 16.2. The fourth-order valence-corrected chi connectivity index (χ4v) is 2.95. The molecule has 1 aromatic carbocycles. The summed E-state index contributed by atoms with van der Waals surface area (Å²) in [5.41, 5.74) is 7.99. The number of hydrogen-bond acceptors (Lipinski definition) is 3. The molecule has 1 aliphatic heterocycles. The van der Waals surface area contributed by atoms with Crippen LogP contribution in [0.2, 0.25) is 0 Å². The highest BCUT2D eigenvalue weighted by molar-refractivity contribution is 5.85. The third-order valence-corrected chi connectivity index (χ3v) is 4.18. The molecule has 21 heavy (non-hydrogen) atoms.